The topological polar surface area (TPSA) is 46.5 Å². The second-order valence-corrected chi connectivity index (χ2v) is 5.69. The molecule has 0 unspecified atom stereocenters. The molecule has 0 bridgehead atoms. The molecule has 1 heterocycles. The van der Waals surface area contributed by atoms with Crippen LogP contribution in [0.15, 0.2) is 36.4 Å². The van der Waals surface area contributed by atoms with Gasteiger partial charge in [0.05, 0.1) is 16.5 Å². The first-order valence-electron chi connectivity index (χ1n) is 6.03. The van der Waals surface area contributed by atoms with Gasteiger partial charge in [-0.1, -0.05) is 23.7 Å². The van der Waals surface area contributed by atoms with Crippen LogP contribution < -0.4 is 4.74 Å². The zero-order chi connectivity index (χ0) is 14.5. The Balaban J connectivity index is 2.38. The van der Waals surface area contributed by atoms with Crippen molar-refractivity contribution < 1.29 is 14.6 Å². The standard InChI is InChI=1S/C15H13ClO3S/c1-2-19-11-5-3-4-10(8-11)9-12(15(17)18)13-6-7-14(16)20-13/h3-9H,2H2,1H3,(H,17,18)/b12-9-. The molecule has 0 atom stereocenters. The molecule has 0 aliphatic carbocycles. The normalized spacial score (nSPS) is 11.4. The maximum atomic E-state index is 11.4. The average molecular weight is 309 g/mol. The van der Waals surface area contributed by atoms with E-state index in [9.17, 15) is 9.90 Å². The van der Waals surface area contributed by atoms with Crippen LogP contribution in [0.5, 0.6) is 5.75 Å². The fourth-order valence-corrected chi connectivity index (χ4v) is 2.78. The average Bonchev–Trinajstić information content (AvgIpc) is 2.83. The highest BCUT2D eigenvalue weighted by Gasteiger charge is 2.13. The summed E-state index contributed by atoms with van der Waals surface area (Å²) in [5.41, 5.74) is 0.994. The van der Waals surface area contributed by atoms with Gasteiger partial charge in [-0.15, -0.1) is 11.3 Å². The third-order valence-electron chi connectivity index (χ3n) is 2.55. The number of benzene rings is 1. The van der Waals surface area contributed by atoms with Gasteiger partial charge in [0.25, 0.3) is 0 Å². The molecule has 1 N–H and O–H groups in total. The van der Waals surface area contributed by atoms with E-state index in [-0.39, 0.29) is 5.57 Å². The predicted octanol–water partition coefficient (Wildman–Crippen LogP) is 4.43. The second-order valence-electron chi connectivity index (χ2n) is 3.97. The number of ether oxygens (including phenoxy) is 1. The van der Waals surface area contributed by atoms with E-state index in [0.29, 0.717) is 15.8 Å². The molecule has 5 heteroatoms. The molecule has 0 radical (unpaired) electrons. The molecule has 0 amide bonds. The molecular weight excluding hydrogens is 296 g/mol. The number of aliphatic carboxylic acids is 1. The summed E-state index contributed by atoms with van der Waals surface area (Å²) in [5, 5.41) is 9.33. The van der Waals surface area contributed by atoms with E-state index in [1.165, 1.54) is 11.3 Å². The van der Waals surface area contributed by atoms with Gasteiger partial charge in [-0.3, -0.25) is 0 Å². The number of carboxylic acids is 1. The lowest BCUT2D eigenvalue weighted by atomic mass is 10.1. The van der Waals surface area contributed by atoms with Gasteiger partial charge < -0.3 is 9.84 Å². The Morgan fingerprint density at radius 2 is 2.20 bits per heavy atom. The number of carboxylic acid groups (broad SMARTS) is 1. The predicted molar refractivity (Wildman–Crippen MR) is 82.4 cm³/mol. The highest BCUT2D eigenvalue weighted by molar-refractivity contribution is 7.17. The Kier molecular flexibility index (Phi) is 4.82. The number of halogens is 1. The summed E-state index contributed by atoms with van der Waals surface area (Å²) < 4.78 is 5.97. The van der Waals surface area contributed by atoms with Crippen molar-refractivity contribution in [3.8, 4) is 5.75 Å². The Labute approximate surface area is 126 Å². The van der Waals surface area contributed by atoms with Crippen molar-refractivity contribution >= 4 is 40.6 Å². The molecule has 20 heavy (non-hydrogen) atoms. The van der Waals surface area contributed by atoms with Crippen LogP contribution in [0.25, 0.3) is 11.6 Å². The molecule has 0 aliphatic heterocycles. The summed E-state index contributed by atoms with van der Waals surface area (Å²) in [6, 6.07) is 10.7. The van der Waals surface area contributed by atoms with Crippen molar-refractivity contribution in [2.45, 2.75) is 6.92 Å². The van der Waals surface area contributed by atoms with Gasteiger partial charge in [-0.25, -0.2) is 4.79 Å². The minimum Gasteiger partial charge on any atom is -0.494 e. The summed E-state index contributed by atoms with van der Waals surface area (Å²) in [7, 11) is 0. The van der Waals surface area contributed by atoms with E-state index in [4.69, 9.17) is 16.3 Å². The molecule has 0 saturated carbocycles. The number of carbonyl (C=O) groups is 1. The van der Waals surface area contributed by atoms with Gasteiger partial charge in [0.2, 0.25) is 0 Å². The van der Waals surface area contributed by atoms with Crippen LogP contribution in [0, 0.1) is 0 Å². The summed E-state index contributed by atoms with van der Waals surface area (Å²) in [6.45, 7) is 2.47. The summed E-state index contributed by atoms with van der Waals surface area (Å²) >= 11 is 7.10. The minimum atomic E-state index is -0.981. The highest BCUT2D eigenvalue weighted by atomic mass is 35.5. The van der Waals surface area contributed by atoms with Gasteiger partial charge in [-0.05, 0) is 42.8 Å². The van der Waals surface area contributed by atoms with Crippen LogP contribution >= 0.6 is 22.9 Å². The van der Waals surface area contributed by atoms with Crippen LogP contribution in [-0.2, 0) is 4.79 Å². The van der Waals surface area contributed by atoms with Gasteiger partial charge in [0, 0.05) is 4.88 Å². The van der Waals surface area contributed by atoms with E-state index >= 15 is 0 Å². The quantitative estimate of drug-likeness (QED) is 0.831. The van der Waals surface area contributed by atoms with Crippen molar-refractivity contribution in [2.75, 3.05) is 6.61 Å². The maximum Gasteiger partial charge on any atom is 0.337 e. The molecule has 1 aromatic carbocycles. The molecule has 104 valence electrons. The Morgan fingerprint density at radius 1 is 1.40 bits per heavy atom. The smallest absolute Gasteiger partial charge is 0.337 e. The van der Waals surface area contributed by atoms with Crippen molar-refractivity contribution in [2.24, 2.45) is 0 Å². The first kappa shape index (κ1) is 14.6. The summed E-state index contributed by atoms with van der Waals surface area (Å²) in [4.78, 5) is 12.0. The Morgan fingerprint density at radius 3 is 2.80 bits per heavy atom. The van der Waals surface area contributed by atoms with Gasteiger partial charge in [0.15, 0.2) is 0 Å². The van der Waals surface area contributed by atoms with Gasteiger partial charge in [0.1, 0.15) is 5.75 Å². The van der Waals surface area contributed by atoms with Crippen LogP contribution in [-0.4, -0.2) is 17.7 Å². The third-order valence-corrected chi connectivity index (χ3v) is 3.81. The van der Waals surface area contributed by atoms with Gasteiger partial charge >= 0.3 is 5.97 Å². The first-order valence-corrected chi connectivity index (χ1v) is 7.23. The molecule has 3 nitrogen and oxygen atoms in total. The fraction of sp³-hybridized carbons (Fsp3) is 0.133. The van der Waals surface area contributed by atoms with E-state index in [2.05, 4.69) is 0 Å². The lowest BCUT2D eigenvalue weighted by molar-refractivity contribution is -0.130. The van der Waals surface area contributed by atoms with E-state index < -0.39 is 5.97 Å². The molecule has 2 rings (SSSR count). The van der Waals surface area contributed by atoms with Crippen molar-refractivity contribution in [3.63, 3.8) is 0 Å². The van der Waals surface area contributed by atoms with Crippen molar-refractivity contribution in [3.05, 3.63) is 51.2 Å². The summed E-state index contributed by atoms with van der Waals surface area (Å²) in [6.07, 6.45) is 1.62. The van der Waals surface area contributed by atoms with Crippen LogP contribution in [0.3, 0.4) is 0 Å². The molecule has 0 saturated heterocycles. The monoisotopic (exact) mass is 308 g/mol. The zero-order valence-electron chi connectivity index (χ0n) is 10.8. The molecule has 0 spiro atoms. The number of hydrogen-bond donors (Lipinski definition) is 1. The molecule has 0 fully saturated rings. The van der Waals surface area contributed by atoms with Crippen LogP contribution in [0.2, 0.25) is 4.34 Å². The lowest BCUT2D eigenvalue weighted by Gasteiger charge is -2.04. The molecular formula is C15H13ClO3S. The third kappa shape index (κ3) is 3.62. The fourth-order valence-electron chi connectivity index (χ4n) is 1.72. The number of rotatable bonds is 5. The van der Waals surface area contributed by atoms with Crippen LogP contribution in [0.4, 0.5) is 0 Å². The van der Waals surface area contributed by atoms with E-state index in [1.807, 2.05) is 31.2 Å². The Hall–Kier alpha value is -1.78. The molecule has 0 aliphatic rings. The minimum absolute atomic E-state index is 0.218. The maximum absolute atomic E-state index is 11.4. The zero-order valence-corrected chi connectivity index (χ0v) is 12.4. The molecule has 1 aromatic heterocycles. The summed E-state index contributed by atoms with van der Waals surface area (Å²) in [5.74, 6) is -0.263. The second kappa shape index (κ2) is 6.59. The number of thiophene rings is 1. The van der Waals surface area contributed by atoms with E-state index in [1.54, 1.807) is 18.2 Å². The highest BCUT2D eigenvalue weighted by Crippen LogP contribution is 2.29. The lowest BCUT2D eigenvalue weighted by Crippen LogP contribution is -1.98. The van der Waals surface area contributed by atoms with Crippen molar-refractivity contribution in [1.82, 2.24) is 0 Å². The molecule has 2 aromatic rings. The SMILES string of the molecule is CCOc1cccc(/C=C(\C(=O)O)c2ccc(Cl)s2)c1. The van der Waals surface area contributed by atoms with E-state index in [0.717, 1.165) is 11.3 Å². The Bertz CT molecular complexity index is 646. The first-order chi connectivity index (χ1) is 9.60. The van der Waals surface area contributed by atoms with Gasteiger partial charge in [-0.2, -0.15) is 0 Å². The largest absolute Gasteiger partial charge is 0.494 e. The van der Waals surface area contributed by atoms with Crippen molar-refractivity contribution in [1.29, 1.82) is 0 Å². The number of hydrogen-bond acceptors (Lipinski definition) is 3. The van der Waals surface area contributed by atoms with Crippen LogP contribution in [0.1, 0.15) is 17.4 Å².